The number of aromatic amines is 1. The maximum Gasteiger partial charge on any atom is 0.462 e. The van der Waals surface area contributed by atoms with Crippen molar-refractivity contribution in [3.05, 3.63) is 75.1 Å². The number of aryl methyl sites for hydroxylation is 1. The zero-order valence-corrected chi connectivity index (χ0v) is 20.7. The van der Waals surface area contributed by atoms with Gasteiger partial charge in [-0.05, 0) is 25.1 Å². The first kappa shape index (κ1) is 27.1. The highest BCUT2D eigenvalue weighted by Crippen LogP contribution is 2.52. The average molecular weight is 523 g/mol. The van der Waals surface area contributed by atoms with Gasteiger partial charge in [-0.1, -0.05) is 24.3 Å². The Kier molecular flexibility index (Phi) is 8.99. The lowest BCUT2D eigenvalue weighted by molar-refractivity contribution is -0.144. The minimum absolute atomic E-state index is 0.164. The number of methoxy groups -OCH3 is 2. The summed E-state index contributed by atoms with van der Waals surface area (Å²) in [6.07, 6.45) is 2.88. The second kappa shape index (κ2) is 12.0. The van der Waals surface area contributed by atoms with Crippen molar-refractivity contribution in [2.24, 2.45) is 0 Å². The molecule has 13 nitrogen and oxygen atoms in total. The van der Waals surface area contributed by atoms with Crippen LogP contribution >= 0.6 is 7.75 Å². The number of carbonyl (C=O) groups is 2. The molecule has 0 saturated heterocycles. The molecule has 0 radical (unpaired) electrons. The summed E-state index contributed by atoms with van der Waals surface area (Å²) in [6, 6.07) is 8.05. The van der Waals surface area contributed by atoms with Crippen molar-refractivity contribution in [1.82, 2.24) is 14.2 Å². The standard InChI is InChI=1S/C22H26N3O10P/c1-15-11-25(22(29)23-21(15)28)18-10-9-17(34-18)14-33-36(30,35-16-7-5-4-6-8-16)24(12-19(26)31-2)13-20(27)32-3/h4-11,17-18H,12-14H2,1-3H3,(H,23,28,29)/t17-,18+,36?/m0/s1. The first-order valence-corrected chi connectivity index (χ1v) is 12.2. The summed E-state index contributed by atoms with van der Waals surface area (Å²) < 4.78 is 42.4. The van der Waals surface area contributed by atoms with Crippen molar-refractivity contribution in [3.8, 4) is 5.75 Å². The van der Waals surface area contributed by atoms with Gasteiger partial charge in [-0.25, -0.2) is 9.36 Å². The van der Waals surface area contributed by atoms with Crippen molar-refractivity contribution in [1.29, 1.82) is 0 Å². The summed E-state index contributed by atoms with van der Waals surface area (Å²) in [7, 11) is -2.07. The van der Waals surface area contributed by atoms with Gasteiger partial charge in [0.15, 0.2) is 6.23 Å². The van der Waals surface area contributed by atoms with E-state index in [1.54, 1.807) is 37.3 Å². The molecule has 0 aliphatic carbocycles. The number of ether oxygens (including phenoxy) is 3. The number of nitrogens with one attached hydrogen (secondary N) is 1. The molecule has 3 atom stereocenters. The number of H-pyrrole nitrogens is 1. The Morgan fingerprint density at radius 3 is 2.33 bits per heavy atom. The number of aromatic nitrogens is 2. The molecule has 3 rings (SSSR count). The van der Waals surface area contributed by atoms with Gasteiger partial charge in [0, 0.05) is 11.8 Å². The van der Waals surface area contributed by atoms with Crippen LogP contribution in [0.1, 0.15) is 11.8 Å². The van der Waals surface area contributed by atoms with Crippen molar-refractivity contribution in [3.63, 3.8) is 0 Å². The number of rotatable bonds is 11. The predicted molar refractivity (Wildman–Crippen MR) is 125 cm³/mol. The van der Waals surface area contributed by atoms with E-state index in [0.717, 1.165) is 18.9 Å². The second-order valence-corrected chi connectivity index (χ2v) is 9.52. The fourth-order valence-corrected chi connectivity index (χ4v) is 4.75. The molecule has 0 spiro atoms. The lowest BCUT2D eigenvalue weighted by atomic mass is 10.3. The molecule has 1 aromatic carbocycles. The van der Waals surface area contributed by atoms with Crippen LogP contribution in [0.3, 0.4) is 0 Å². The minimum Gasteiger partial charge on any atom is -0.468 e. The molecule has 1 unspecified atom stereocenters. The van der Waals surface area contributed by atoms with Gasteiger partial charge in [0.25, 0.3) is 5.56 Å². The van der Waals surface area contributed by atoms with Gasteiger partial charge in [0.05, 0.1) is 20.8 Å². The highest BCUT2D eigenvalue weighted by Gasteiger charge is 2.40. The first-order valence-electron chi connectivity index (χ1n) is 10.7. The molecule has 36 heavy (non-hydrogen) atoms. The lowest BCUT2D eigenvalue weighted by Gasteiger charge is -2.29. The maximum atomic E-state index is 13.9. The van der Waals surface area contributed by atoms with Gasteiger partial charge in [-0.2, -0.15) is 4.67 Å². The Labute approximate surface area is 205 Å². The first-order chi connectivity index (χ1) is 17.1. The van der Waals surface area contributed by atoms with Crippen molar-refractivity contribution >= 4 is 19.7 Å². The monoisotopic (exact) mass is 523 g/mol. The Hall–Kier alpha value is -3.51. The average Bonchev–Trinajstić information content (AvgIpc) is 3.33. The zero-order chi connectivity index (χ0) is 26.3. The van der Waals surface area contributed by atoms with E-state index in [4.69, 9.17) is 13.8 Å². The molecular formula is C22H26N3O10P. The molecule has 14 heteroatoms. The third-order valence-electron chi connectivity index (χ3n) is 5.02. The molecule has 0 bridgehead atoms. The van der Waals surface area contributed by atoms with Gasteiger partial charge in [-0.15, -0.1) is 0 Å². The smallest absolute Gasteiger partial charge is 0.462 e. The van der Waals surface area contributed by atoms with Crippen LogP contribution < -0.4 is 15.8 Å². The van der Waals surface area contributed by atoms with Crippen LogP contribution in [0.4, 0.5) is 0 Å². The Morgan fingerprint density at radius 2 is 1.72 bits per heavy atom. The number of para-hydroxylation sites is 1. The molecule has 0 fully saturated rings. The van der Waals surface area contributed by atoms with Gasteiger partial charge in [0.1, 0.15) is 24.9 Å². The molecule has 0 amide bonds. The molecule has 2 aromatic rings. The van der Waals surface area contributed by atoms with Gasteiger partial charge in [-0.3, -0.25) is 28.5 Å². The second-order valence-electron chi connectivity index (χ2n) is 7.57. The number of hydrogen-bond acceptors (Lipinski definition) is 10. The number of carbonyl (C=O) groups excluding carboxylic acids is 2. The van der Waals surface area contributed by atoms with E-state index in [1.807, 2.05) is 0 Å². The quantitative estimate of drug-likeness (QED) is 0.256. The molecule has 1 aliphatic rings. The lowest BCUT2D eigenvalue weighted by Crippen LogP contribution is -2.36. The summed E-state index contributed by atoms with van der Waals surface area (Å²) >= 11 is 0. The van der Waals surface area contributed by atoms with E-state index in [0.29, 0.717) is 5.56 Å². The minimum atomic E-state index is -4.35. The molecule has 1 aromatic heterocycles. The molecular weight excluding hydrogens is 497 g/mol. The summed E-state index contributed by atoms with van der Waals surface area (Å²) in [5.41, 5.74) is -0.857. The van der Waals surface area contributed by atoms with Crippen LogP contribution in [0.5, 0.6) is 5.75 Å². The highest BCUT2D eigenvalue weighted by atomic mass is 31.2. The predicted octanol–water partition coefficient (Wildman–Crippen LogP) is 1.15. The summed E-state index contributed by atoms with van der Waals surface area (Å²) in [5.74, 6) is -1.41. The van der Waals surface area contributed by atoms with E-state index >= 15 is 0 Å². The number of esters is 2. The van der Waals surface area contributed by atoms with E-state index in [2.05, 4.69) is 14.5 Å². The van der Waals surface area contributed by atoms with Crippen LogP contribution in [0.15, 0.2) is 58.3 Å². The normalized spacial score (nSPS) is 18.6. The van der Waals surface area contributed by atoms with Crippen LogP contribution in [-0.2, 0) is 32.9 Å². The fraction of sp³-hybridized carbons (Fsp3) is 0.364. The van der Waals surface area contributed by atoms with E-state index in [-0.39, 0.29) is 12.4 Å². The third-order valence-corrected chi connectivity index (χ3v) is 6.91. The number of nitrogens with zero attached hydrogens (tertiary/aromatic N) is 2. The molecule has 194 valence electrons. The molecule has 1 N–H and O–H groups in total. The fourth-order valence-electron chi connectivity index (χ4n) is 3.12. The number of hydrogen-bond donors (Lipinski definition) is 1. The highest BCUT2D eigenvalue weighted by molar-refractivity contribution is 7.51. The topological polar surface area (TPSA) is 155 Å². The van der Waals surface area contributed by atoms with Crippen LogP contribution in [0, 0.1) is 6.92 Å². The summed E-state index contributed by atoms with van der Waals surface area (Å²) in [5, 5.41) is 0. The Morgan fingerprint density at radius 1 is 1.08 bits per heavy atom. The van der Waals surface area contributed by atoms with E-state index in [9.17, 15) is 23.7 Å². The maximum absolute atomic E-state index is 13.9. The van der Waals surface area contributed by atoms with Crippen molar-refractivity contribution < 1.29 is 37.4 Å². The van der Waals surface area contributed by atoms with Crippen molar-refractivity contribution in [2.75, 3.05) is 33.9 Å². The van der Waals surface area contributed by atoms with Gasteiger partial charge >= 0.3 is 25.4 Å². The molecule has 1 aliphatic heterocycles. The van der Waals surface area contributed by atoms with Crippen LogP contribution in [-0.4, -0.2) is 66.2 Å². The van der Waals surface area contributed by atoms with E-state index < -0.39 is 56.4 Å². The Balaban J connectivity index is 1.81. The Bertz CT molecular complexity index is 1250. The third kappa shape index (κ3) is 6.79. The van der Waals surface area contributed by atoms with E-state index in [1.165, 1.54) is 22.9 Å². The van der Waals surface area contributed by atoms with Crippen LogP contribution in [0.25, 0.3) is 0 Å². The van der Waals surface area contributed by atoms with Gasteiger partial charge < -0.3 is 18.7 Å². The summed E-state index contributed by atoms with van der Waals surface area (Å²) in [6.45, 7) is 0.0347. The SMILES string of the molecule is COC(=O)CN(CC(=O)OC)P(=O)(OC[C@@H]1C=C[C@H](n2cc(C)c(=O)[nH]c2=O)O1)Oc1ccccc1. The number of benzene rings is 1. The molecule has 0 saturated carbocycles. The largest absolute Gasteiger partial charge is 0.468 e. The zero-order valence-electron chi connectivity index (χ0n) is 19.8. The summed E-state index contributed by atoms with van der Waals surface area (Å²) in [4.78, 5) is 50.0. The van der Waals surface area contributed by atoms with Crippen molar-refractivity contribution in [2.45, 2.75) is 19.3 Å². The molecule has 2 heterocycles. The van der Waals surface area contributed by atoms with Crippen LogP contribution in [0.2, 0.25) is 0 Å². The van der Waals surface area contributed by atoms with Gasteiger partial charge in [0.2, 0.25) is 0 Å².